The molecule has 3 atom stereocenters. The van der Waals surface area contributed by atoms with Crippen LogP contribution in [-0.4, -0.2) is 68.1 Å². The van der Waals surface area contributed by atoms with E-state index in [1.165, 1.54) is 12.0 Å². The number of methoxy groups -OCH3 is 1. The summed E-state index contributed by atoms with van der Waals surface area (Å²) in [5.74, 6) is -1.77. The average Bonchev–Trinajstić information content (AvgIpc) is 3.35. The van der Waals surface area contributed by atoms with E-state index < -0.39 is 37.9 Å². The van der Waals surface area contributed by atoms with Crippen molar-refractivity contribution in [2.45, 2.75) is 50.2 Å². The molecule has 0 aromatic heterocycles. The Bertz CT molecular complexity index is 1080. The summed E-state index contributed by atoms with van der Waals surface area (Å²) in [6.07, 6.45) is -0.244. The molecule has 2 saturated heterocycles. The Morgan fingerprint density at radius 1 is 1.11 bits per heavy atom. The van der Waals surface area contributed by atoms with Crippen LogP contribution in [0, 0.1) is 5.92 Å². The van der Waals surface area contributed by atoms with E-state index in [0.717, 1.165) is 10.4 Å². The number of carbonyl (C=O) groups excluding carboxylic acids is 2. The fraction of sp³-hybridized carbons (Fsp3) is 0.444. The molecular formula is C27H34N2O6Si. The molecule has 1 spiro atoms. The molecule has 2 fully saturated rings. The molecule has 2 unspecified atom stereocenters. The first-order chi connectivity index (χ1) is 17.1. The Morgan fingerprint density at radius 2 is 1.67 bits per heavy atom. The van der Waals surface area contributed by atoms with Crippen LogP contribution >= 0.6 is 0 Å². The zero-order valence-corrected chi connectivity index (χ0v) is 22.2. The third-order valence-electron chi connectivity index (χ3n) is 7.65. The summed E-state index contributed by atoms with van der Waals surface area (Å²) in [4.78, 5) is 39.1. The lowest BCUT2D eigenvalue weighted by atomic mass is 9.72. The van der Waals surface area contributed by atoms with Gasteiger partial charge in [0.05, 0.1) is 19.8 Å². The van der Waals surface area contributed by atoms with Crippen molar-refractivity contribution in [3.05, 3.63) is 60.7 Å². The highest BCUT2D eigenvalue weighted by atomic mass is 28.4. The van der Waals surface area contributed by atoms with Gasteiger partial charge in [0.15, 0.2) is 0 Å². The van der Waals surface area contributed by atoms with E-state index >= 15 is 0 Å². The first-order valence-corrected chi connectivity index (χ1v) is 14.1. The van der Waals surface area contributed by atoms with Gasteiger partial charge >= 0.3 is 12.1 Å². The number of carbonyl (C=O) groups is 3. The second kappa shape index (κ2) is 9.70. The largest absolute Gasteiger partial charge is 0.469 e. The number of rotatable bonds is 7. The molecular weight excluding hydrogens is 476 g/mol. The van der Waals surface area contributed by atoms with Gasteiger partial charge in [0, 0.05) is 6.54 Å². The van der Waals surface area contributed by atoms with E-state index in [2.05, 4.69) is 50.4 Å². The van der Waals surface area contributed by atoms with Crippen molar-refractivity contribution in [2.24, 2.45) is 5.92 Å². The number of benzene rings is 2. The number of ether oxygens (including phenoxy) is 1. The molecule has 36 heavy (non-hydrogen) atoms. The number of nitrogens with zero attached hydrogens (tertiary/aromatic N) is 1. The van der Waals surface area contributed by atoms with Crippen molar-refractivity contribution in [2.75, 3.05) is 20.3 Å². The van der Waals surface area contributed by atoms with Gasteiger partial charge in [0.2, 0.25) is 5.91 Å². The predicted octanol–water partition coefficient (Wildman–Crippen LogP) is 2.36. The molecule has 0 radical (unpaired) electrons. The van der Waals surface area contributed by atoms with Gasteiger partial charge in [-0.2, -0.15) is 0 Å². The number of nitrogens with one attached hydrogen (secondary N) is 1. The third kappa shape index (κ3) is 4.00. The molecule has 0 bridgehead atoms. The molecule has 0 saturated carbocycles. The summed E-state index contributed by atoms with van der Waals surface area (Å²) in [6, 6.07) is 19.4. The highest BCUT2D eigenvalue weighted by Crippen LogP contribution is 2.43. The van der Waals surface area contributed by atoms with E-state index in [9.17, 15) is 19.5 Å². The van der Waals surface area contributed by atoms with E-state index in [4.69, 9.17) is 9.16 Å². The molecule has 2 heterocycles. The van der Waals surface area contributed by atoms with Crippen LogP contribution < -0.4 is 15.7 Å². The zero-order valence-electron chi connectivity index (χ0n) is 21.2. The molecule has 2 N–H and O–H groups in total. The molecule has 8 nitrogen and oxygen atoms in total. The summed E-state index contributed by atoms with van der Waals surface area (Å²) in [5, 5.41) is 14.4. The third-order valence-corrected chi connectivity index (χ3v) is 12.7. The van der Waals surface area contributed by atoms with Gasteiger partial charge in [-0.05, 0) is 28.3 Å². The van der Waals surface area contributed by atoms with Gasteiger partial charge in [0.1, 0.15) is 11.5 Å². The van der Waals surface area contributed by atoms with Gasteiger partial charge in [-0.1, -0.05) is 81.4 Å². The van der Waals surface area contributed by atoms with Gasteiger partial charge in [-0.25, -0.2) is 4.79 Å². The van der Waals surface area contributed by atoms with Crippen LogP contribution in [0.2, 0.25) is 5.04 Å². The van der Waals surface area contributed by atoms with Crippen LogP contribution in [0.25, 0.3) is 0 Å². The van der Waals surface area contributed by atoms with Gasteiger partial charge < -0.3 is 19.6 Å². The highest BCUT2D eigenvalue weighted by molar-refractivity contribution is 6.99. The summed E-state index contributed by atoms with van der Waals surface area (Å²) < 4.78 is 12.1. The van der Waals surface area contributed by atoms with Crippen molar-refractivity contribution < 1.29 is 28.7 Å². The number of β-lactam (4-membered cyclic amide) rings is 1. The molecule has 4 rings (SSSR count). The second-order valence-electron chi connectivity index (χ2n) is 10.5. The lowest BCUT2D eigenvalue weighted by molar-refractivity contribution is -0.160. The Kier molecular flexibility index (Phi) is 6.98. The predicted molar refractivity (Wildman–Crippen MR) is 138 cm³/mol. The van der Waals surface area contributed by atoms with Gasteiger partial charge in [-0.15, -0.1) is 0 Å². The lowest BCUT2D eigenvalue weighted by Gasteiger charge is -2.53. The quantitative estimate of drug-likeness (QED) is 0.337. The fourth-order valence-corrected chi connectivity index (χ4v) is 10.6. The van der Waals surface area contributed by atoms with Crippen molar-refractivity contribution in [3.63, 3.8) is 0 Å². The Balaban J connectivity index is 1.76. The summed E-state index contributed by atoms with van der Waals surface area (Å²) in [6.45, 7) is 6.66. The maximum absolute atomic E-state index is 13.1. The zero-order chi connectivity index (χ0) is 26.1. The lowest BCUT2D eigenvalue weighted by Crippen LogP contribution is -2.81. The van der Waals surface area contributed by atoms with Crippen LogP contribution in [0.4, 0.5) is 4.79 Å². The smallest absolute Gasteiger partial charge is 0.408 e. The summed E-state index contributed by atoms with van der Waals surface area (Å²) >= 11 is 0. The first-order valence-electron chi connectivity index (χ1n) is 12.2. The molecule has 2 aliphatic rings. The standard InChI is InChI=1S/C27H34N2O6Si/c1-26(2,3)36(19-12-7-5-8-13-19,20-14-9-6-10-15-20)35-18-21(23(30)34-4)22-27(24(31)28-22)16-11-17-29(27)25(32)33/h5-10,12-15,21-22H,11,16-18H2,1-4H3,(H,28,31)(H,32,33)/t21?,22-,27?/m0/s1. The van der Waals surface area contributed by atoms with Crippen molar-refractivity contribution in [3.8, 4) is 0 Å². The maximum Gasteiger partial charge on any atom is 0.408 e. The van der Waals surface area contributed by atoms with Crippen LogP contribution in [0.5, 0.6) is 0 Å². The average molecular weight is 511 g/mol. The van der Waals surface area contributed by atoms with E-state index in [0.29, 0.717) is 12.8 Å². The molecule has 2 amide bonds. The van der Waals surface area contributed by atoms with Gasteiger partial charge in [-0.3, -0.25) is 14.5 Å². The number of esters is 1. The van der Waals surface area contributed by atoms with Crippen LogP contribution in [0.1, 0.15) is 33.6 Å². The normalized spacial score (nSPS) is 22.6. The van der Waals surface area contributed by atoms with Crippen molar-refractivity contribution in [1.82, 2.24) is 10.2 Å². The van der Waals surface area contributed by atoms with E-state index in [1.54, 1.807) is 0 Å². The fourth-order valence-electron chi connectivity index (χ4n) is 5.98. The second-order valence-corrected chi connectivity index (χ2v) is 14.8. The van der Waals surface area contributed by atoms with Gasteiger partial charge in [0.25, 0.3) is 8.32 Å². The van der Waals surface area contributed by atoms with Crippen LogP contribution in [0.15, 0.2) is 60.7 Å². The maximum atomic E-state index is 13.1. The Labute approximate surface area is 212 Å². The number of likely N-dealkylation sites (tertiary alicyclic amines) is 1. The molecule has 2 aliphatic heterocycles. The highest BCUT2D eigenvalue weighted by Gasteiger charge is 2.66. The van der Waals surface area contributed by atoms with Crippen molar-refractivity contribution >= 4 is 36.7 Å². The Morgan fingerprint density at radius 3 is 2.11 bits per heavy atom. The molecule has 2 aromatic rings. The van der Waals surface area contributed by atoms with E-state index in [-0.39, 0.29) is 24.1 Å². The molecule has 2 aromatic carbocycles. The molecule has 9 heteroatoms. The van der Waals surface area contributed by atoms with E-state index in [1.807, 2.05) is 36.4 Å². The summed E-state index contributed by atoms with van der Waals surface area (Å²) in [7, 11) is -1.66. The molecule has 192 valence electrons. The molecule has 0 aliphatic carbocycles. The van der Waals surface area contributed by atoms with Crippen LogP contribution in [-0.2, 0) is 18.8 Å². The monoisotopic (exact) mass is 510 g/mol. The minimum Gasteiger partial charge on any atom is -0.469 e. The summed E-state index contributed by atoms with van der Waals surface area (Å²) in [5.41, 5.74) is -1.28. The van der Waals surface area contributed by atoms with Crippen LogP contribution in [0.3, 0.4) is 0 Å². The number of amides is 2. The number of hydrogen-bond donors (Lipinski definition) is 2. The number of carboxylic acid groups (broad SMARTS) is 1. The topological polar surface area (TPSA) is 105 Å². The minimum atomic E-state index is -2.96. The first kappa shape index (κ1) is 25.9. The minimum absolute atomic E-state index is 0.0138. The SMILES string of the molecule is COC(=O)C(CO[Si](c1ccccc1)(c1ccccc1)C(C)(C)C)[C@@H]1NC(=O)C12CCCN2C(=O)O. The van der Waals surface area contributed by atoms with Crippen molar-refractivity contribution in [1.29, 1.82) is 0 Å². The Hall–Kier alpha value is -3.17. The number of hydrogen-bond acceptors (Lipinski definition) is 5.